The van der Waals surface area contributed by atoms with Crippen molar-refractivity contribution < 1.29 is 43.4 Å². The first-order valence-electron chi connectivity index (χ1n) is 9.12. The minimum atomic E-state index is -3.19. The SMILES string of the molecule is Cc1ccc(S(=O)(O)=S)cc1.Cc1ccc(S(=O)(O)=S)cc1.Cc1ccc(S(=O)(O)=S)cc1.[Fe]. The fourth-order valence-corrected chi connectivity index (χ4v) is 4.57. The summed E-state index contributed by atoms with van der Waals surface area (Å²) in [5.41, 5.74) is 3.15. The van der Waals surface area contributed by atoms with E-state index in [-0.39, 0.29) is 17.1 Å². The Morgan fingerprint density at radius 1 is 0.471 bits per heavy atom. The van der Waals surface area contributed by atoms with Gasteiger partial charge in [0.2, 0.25) is 0 Å². The molecule has 6 nitrogen and oxygen atoms in total. The van der Waals surface area contributed by atoms with Gasteiger partial charge in [-0.2, -0.15) is 0 Å². The van der Waals surface area contributed by atoms with Crippen LogP contribution in [0.4, 0.5) is 0 Å². The summed E-state index contributed by atoms with van der Waals surface area (Å²) < 4.78 is 59.4. The van der Waals surface area contributed by atoms with Crippen molar-refractivity contribution in [2.45, 2.75) is 35.5 Å². The standard InChI is InChI=1S/3C7H8O2S2.Fe/c3*1-6-2-4-7(5-3-6)11(8,9)10;/h3*2-5H,1H3,(H,8,9,10);. The van der Waals surface area contributed by atoms with E-state index in [1.807, 2.05) is 20.8 Å². The van der Waals surface area contributed by atoms with Gasteiger partial charge >= 0.3 is 0 Å². The van der Waals surface area contributed by atoms with Gasteiger partial charge < -0.3 is 13.7 Å². The monoisotopic (exact) mass is 620 g/mol. The topological polar surface area (TPSA) is 112 Å². The van der Waals surface area contributed by atoms with Crippen LogP contribution in [0.3, 0.4) is 0 Å². The van der Waals surface area contributed by atoms with Crippen LogP contribution in [-0.2, 0) is 77.0 Å². The van der Waals surface area contributed by atoms with Gasteiger partial charge in [-0.05, 0) is 57.2 Å². The van der Waals surface area contributed by atoms with Gasteiger partial charge in [0.25, 0.3) is 0 Å². The maximum absolute atomic E-state index is 10.9. The van der Waals surface area contributed by atoms with E-state index < -0.39 is 26.3 Å². The zero-order valence-electron chi connectivity index (χ0n) is 18.3. The molecule has 3 aromatic carbocycles. The van der Waals surface area contributed by atoms with E-state index in [2.05, 4.69) is 33.6 Å². The van der Waals surface area contributed by atoms with E-state index in [0.29, 0.717) is 14.7 Å². The zero-order chi connectivity index (χ0) is 25.4. The van der Waals surface area contributed by atoms with Crippen LogP contribution < -0.4 is 0 Å². The Bertz CT molecular complexity index is 1190. The summed E-state index contributed by atoms with van der Waals surface area (Å²) >= 11 is 13.1. The molecule has 0 saturated heterocycles. The molecular weight excluding hydrogens is 596 g/mol. The minimum absolute atomic E-state index is 0. The summed E-state index contributed by atoms with van der Waals surface area (Å²) in [5, 5.41) is 0. The Kier molecular flexibility index (Phi) is 13.7. The number of aryl methyl sites for hydroxylation is 3. The average molecular weight is 621 g/mol. The molecule has 0 fully saturated rings. The largest absolute Gasteiger partial charge is 0.302 e. The summed E-state index contributed by atoms with van der Waals surface area (Å²) in [7, 11) is -9.56. The Hall–Kier alpha value is -0.831. The van der Waals surface area contributed by atoms with E-state index in [0.717, 1.165) is 16.7 Å². The van der Waals surface area contributed by atoms with Gasteiger partial charge in [-0.1, -0.05) is 53.1 Å². The van der Waals surface area contributed by atoms with Crippen molar-refractivity contribution in [1.29, 1.82) is 0 Å². The Balaban J connectivity index is 0.000000473. The Morgan fingerprint density at radius 2 is 0.618 bits per heavy atom. The van der Waals surface area contributed by atoms with E-state index in [9.17, 15) is 12.6 Å². The first-order valence-corrected chi connectivity index (χ1v) is 16.4. The van der Waals surface area contributed by atoms with Crippen molar-refractivity contribution in [1.82, 2.24) is 0 Å². The summed E-state index contributed by atoms with van der Waals surface area (Å²) in [5.74, 6) is 0. The van der Waals surface area contributed by atoms with Gasteiger partial charge in [0.1, 0.15) is 0 Å². The number of rotatable bonds is 3. The van der Waals surface area contributed by atoms with Crippen LogP contribution in [0, 0.1) is 20.8 Å². The first-order chi connectivity index (χ1) is 15.0. The molecule has 0 spiro atoms. The molecule has 0 aromatic heterocycles. The Labute approximate surface area is 226 Å². The molecule has 3 aromatic rings. The molecule has 0 aliphatic carbocycles. The Morgan fingerprint density at radius 3 is 0.735 bits per heavy atom. The molecule has 0 aliphatic heterocycles. The molecule has 0 heterocycles. The molecule has 0 aliphatic rings. The normalized spacial score (nSPS) is 15.4. The van der Waals surface area contributed by atoms with Gasteiger partial charge in [-0.3, -0.25) is 0 Å². The molecule has 3 rings (SSSR count). The minimum Gasteiger partial charge on any atom is -0.302 e. The zero-order valence-corrected chi connectivity index (χ0v) is 24.3. The molecule has 3 unspecified atom stereocenters. The smallest absolute Gasteiger partial charge is 0.171 e. The first kappa shape index (κ1) is 33.2. The van der Waals surface area contributed by atoms with Crippen LogP contribution in [0.2, 0.25) is 0 Å². The van der Waals surface area contributed by atoms with E-state index >= 15 is 0 Å². The molecular formula is C21H24FeO6S6. The van der Waals surface area contributed by atoms with Crippen LogP contribution in [0.15, 0.2) is 87.5 Å². The van der Waals surface area contributed by atoms with Crippen molar-refractivity contribution in [3.05, 3.63) is 89.5 Å². The fourth-order valence-electron chi connectivity index (χ4n) is 2.13. The van der Waals surface area contributed by atoms with E-state index in [1.54, 1.807) is 72.8 Å². The van der Waals surface area contributed by atoms with E-state index in [4.69, 9.17) is 13.7 Å². The maximum Gasteiger partial charge on any atom is 0.171 e. The molecule has 3 N–H and O–H groups in total. The fraction of sp³-hybridized carbons (Fsp3) is 0.143. The van der Waals surface area contributed by atoms with Crippen molar-refractivity contribution in [3.63, 3.8) is 0 Å². The molecule has 0 amide bonds. The van der Waals surface area contributed by atoms with Crippen molar-refractivity contribution in [2.24, 2.45) is 0 Å². The van der Waals surface area contributed by atoms with Crippen LogP contribution in [0.5, 0.6) is 0 Å². The van der Waals surface area contributed by atoms with Gasteiger partial charge in [-0.15, -0.1) is 0 Å². The van der Waals surface area contributed by atoms with Crippen molar-refractivity contribution in [3.8, 4) is 0 Å². The number of hydrogen-bond acceptors (Lipinski definition) is 6. The summed E-state index contributed by atoms with van der Waals surface area (Å²) in [6.07, 6.45) is 0. The molecule has 34 heavy (non-hydrogen) atoms. The third kappa shape index (κ3) is 12.8. The number of benzene rings is 3. The molecule has 0 radical (unpaired) electrons. The average Bonchev–Trinajstić information content (AvgIpc) is 2.68. The van der Waals surface area contributed by atoms with Crippen molar-refractivity contribution in [2.75, 3.05) is 0 Å². The molecule has 0 saturated carbocycles. The third-order valence-corrected chi connectivity index (χ3v) is 8.29. The van der Waals surface area contributed by atoms with E-state index in [1.165, 1.54) is 0 Å². The van der Waals surface area contributed by atoms with Gasteiger partial charge in [-0.25, -0.2) is 12.6 Å². The van der Waals surface area contributed by atoms with Crippen LogP contribution in [0.1, 0.15) is 16.7 Å². The molecule has 0 bridgehead atoms. The second-order valence-electron chi connectivity index (χ2n) is 6.86. The van der Waals surface area contributed by atoms with Gasteiger partial charge in [0, 0.05) is 50.6 Å². The van der Waals surface area contributed by atoms with Crippen LogP contribution in [-0.4, -0.2) is 26.3 Å². The summed E-state index contributed by atoms with van der Waals surface area (Å²) in [6.45, 7) is 5.73. The second kappa shape index (κ2) is 14.0. The van der Waals surface area contributed by atoms with Crippen LogP contribution >= 0.6 is 0 Å². The molecule has 188 valence electrons. The molecule has 3 atom stereocenters. The molecule has 13 heteroatoms. The second-order valence-corrected chi connectivity index (χ2v) is 15.2. The quantitative estimate of drug-likeness (QED) is 0.359. The van der Waals surface area contributed by atoms with Gasteiger partial charge in [0.05, 0.1) is 14.7 Å². The maximum atomic E-state index is 10.9. The summed E-state index contributed by atoms with van der Waals surface area (Å²) in [6, 6.07) is 20.0. The van der Waals surface area contributed by atoms with Gasteiger partial charge in [0.15, 0.2) is 26.3 Å². The summed E-state index contributed by atoms with van der Waals surface area (Å²) in [4.78, 5) is 0.911. The predicted octanol–water partition coefficient (Wildman–Crippen LogP) is 4.72. The third-order valence-electron chi connectivity index (χ3n) is 3.96. The van der Waals surface area contributed by atoms with Crippen molar-refractivity contribution >= 4 is 59.9 Å². The predicted molar refractivity (Wildman–Crippen MR) is 143 cm³/mol. The number of hydrogen-bond donors (Lipinski definition) is 3. The van der Waals surface area contributed by atoms with Crippen LogP contribution in [0.25, 0.3) is 0 Å².